The summed E-state index contributed by atoms with van der Waals surface area (Å²) < 4.78 is 0. The third-order valence-corrected chi connectivity index (χ3v) is 3.68. The van der Waals surface area contributed by atoms with Crippen molar-refractivity contribution >= 4 is 0 Å². The summed E-state index contributed by atoms with van der Waals surface area (Å²) in [5, 5.41) is 0. The van der Waals surface area contributed by atoms with Gasteiger partial charge in [-0.3, -0.25) is 0 Å². The summed E-state index contributed by atoms with van der Waals surface area (Å²) in [4.78, 5) is 0. The van der Waals surface area contributed by atoms with Gasteiger partial charge < -0.3 is 0 Å². The Morgan fingerprint density at radius 2 is 1.61 bits per heavy atom. The van der Waals surface area contributed by atoms with Crippen LogP contribution in [0.3, 0.4) is 0 Å². The predicted octanol–water partition coefficient (Wildman–Crippen LogP) is 6.31. The zero-order valence-corrected chi connectivity index (χ0v) is 13.5. The van der Waals surface area contributed by atoms with Crippen molar-refractivity contribution in [1.29, 1.82) is 0 Å². The minimum absolute atomic E-state index is 0.115. The van der Waals surface area contributed by atoms with Gasteiger partial charge in [-0.2, -0.15) is 0 Å². The first kappa shape index (κ1) is 17.2. The molecule has 0 heteroatoms. The molecule has 0 rings (SSSR count). The van der Waals surface area contributed by atoms with E-state index in [4.69, 9.17) is 0 Å². The third kappa shape index (κ3) is 5.71. The Hall–Kier alpha value is -0.780. The largest absolute Gasteiger partial charge is 0.0879 e. The molecule has 0 fully saturated rings. The molecule has 0 saturated carbocycles. The van der Waals surface area contributed by atoms with Crippen LogP contribution in [0, 0.1) is 10.8 Å². The van der Waals surface area contributed by atoms with Crippen molar-refractivity contribution < 1.29 is 0 Å². The predicted molar refractivity (Wildman–Crippen MR) is 84.8 cm³/mol. The van der Waals surface area contributed by atoms with Crippen LogP contribution in [-0.4, -0.2) is 0 Å². The molecule has 0 radical (unpaired) electrons. The van der Waals surface area contributed by atoms with Gasteiger partial charge in [-0.1, -0.05) is 83.9 Å². The van der Waals surface area contributed by atoms with E-state index in [1.54, 1.807) is 0 Å². The molecule has 0 N–H and O–H groups in total. The number of hydrogen-bond acceptors (Lipinski definition) is 0. The van der Waals surface area contributed by atoms with Crippen molar-refractivity contribution in [2.24, 2.45) is 10.8 Å². The molecular weight excluding hydrogens is 216 g/mol. The van der Waals surface area contributed by atoms with Gasteiger partial charge in [0.1, 0.15) is 0 Å². The molecule has 0 aromatic rings. The fourth-order valence-electron chi connectivity index (χ4n) is 1.83. The number of rotatable bonds is 6. The van der Waals surface area contributed by atoms with Gasteiger partial charge in [0, 0.05) is 5.41 Å². The second-order valence-corrected chi connectivity index (χ2v) is 6.42. The van der Waals surface area contributed by atoms with Gasteiger partial charge in [-0.25, -0.2) is 0 Å². The molecule has 0 aromatic heterocycles. The van der Waals surface area contributed by atoms with Gasteiger partial charge in [0.15, 0.2) is 0 Å². The molecule has 0 saturated heterocycles. The van der Waals surface area contributed by atoms with E-state index in [9.17, 15) is 0 Å². The van der Waals surface area contributed by atoms with E-state index in [0.29, 0.717) is 0 Å². The molecule has 0 amide bonds. The maximum absolute atomic E-state index is 2.41. The van der Waals surface area contributed by atoms with Crippen molar-refractivity contribution in [1.82, 2.24) is 0 Å². The van der Waals surface area contributed by atoms with Crippen molar-refractivity contribution in [2.75, 3.05) is 0 Å². The topological polar surface area (TPSA) is 0 Å². The first-order valence-electron chi connectivity index (χ1n) is 7.30. The van der Waals surface area contributed by atoms with Crippen molar-refractivity contribution in [3.8, 4) is 0 Å². The van der Waals surface area contributed by atoms with Gasteiger partial charge in [-0.05, 0) is 25.2 Å². The Kier molecular flexibility index (Phi) is 7.28. The molecule has 0 nitrogen and oxygen atoms in total. The van der Waals surface area contributed by atoms with Crippen LogP contribution in [-0.2, 0) is 0 Å². The zero-order chi connectivity index (χ0) is 14.2. The van der Waals surface area contributed by atoms with E-state index in [1.807, 2.05) is 0 Å². The minimum Gasteiger partial charge on any atom is -0.0879 e. The molecular formula is C18H32. The van der Waals surface area contributed by atoms with Crippen LogP contribution in [0.1, 0.15) is 67.7 Å². The molecule has 0 spiro atoms. The quantitative estimate of drug-likeness (QED) is 0.382. The van der Waals surface area contributed by atoms with E-state index in [2.05, 4.69) is 78.8 Å². The SMILES string of the molecule is CCC=CC(C)(C=C(C)C=CCCC)C(C)(C)C. The Balaban J connectivity index is 5.11. The fourth-order valence-corrected chi connectivity index (χ4v) is 1.83. The summed E-state index contributed by atoms with van der Waals surface area (Å²) in [5.74, 6) is 0. The van der Waals surface area contributed by atoms with Crippen LogP contribution in [0.25, 0.3) is 0 Å². The molecule has 0 bridgehead atoms. The highest BCUT2D eigenvalue weighted by atomic mass is 14.4. The maximum Gasteiger partial charge on any atom is 0.00868 e. The summed E-state index contributed by atoms with van der Waals surface area (Å²) >= 11 is 0. The first-order valence-corrected chi connectivity index (χ1v) is 7.30. The Bertz CT molecular complexity index is 309. The fraction of sp³-hybridized carbons (Fsp3) is 0.667. The molecule has 1 unspecified atom stereocenters. The monoisotopic (exact) mass is 248 g/mol. The third-order valence-electron chi connectivity index (χ3n) is 3.68. The van der Waals surface area contributed by atoms with Gasteiger partial charge in [0.25, 0.3) is 0 Å². The summed E-state index contributed by atoms with van der Waals surface area (Å²) in [7, 11) is 0. The van der Waals surface area contributed by atoms with Crippen molar-refractivity contribution in [3.63, 3.8) is 0 Å². The van der Waals surface area contributed by atoms with Gasteiger partial charge >= 0.3 is 0 Å². The Morgan fingerprint density at radius 3 is 2.06 bits per heavy atom. The Morgan fingerprint density at radius 1 is 1.00 bits per heavy atom. The van der Waals surface area contributed by atoms with Crippen LogP contribution in [0.15, 0.2) is 36.0 Å². The average molecular weight is 248 g/mol. The molecule has 1 atom stereocenters. The summed E-state index contributed by atoms with van der Waals surface area (Å²) in [6.45, 7) is 15.9. The van der Waals surface area contributed by atoms with Gasteiger partial charge in [0.05, 0.1) is 0 Å². The first-order chi connectivity index (χ1) is 8.27. The Labute approximate surface area is 115 Å². The van der Waals surface area contributed by atoms with Crippen molar-refractivity contribution in [2.45, 2.75) is 67.7 Å². The van der Waals surface area contributed by atoms with Gasteiger partial charge in [-0.15, -0.1) is 0 Å². The lowest BCUT2D eigenvalue weighted by Gasteiger charge is -2.38. The number of allylic oxidation sites excluding steroid dienone is 6. The minimum atomic E-state index is 0.115. The lowest BCUT2D eigenvalue weighted by atomic mass is 9.67. The van der Waals surface area contributed by atoms with Crippen LogP contribution in [0.4, 0.5) is 0 Å². The molecule has 0 aromatic carbocycles. The molecule has 0 heterocycles. The average Bonchev–Trinajstić information content (AvgIpc) is 2.25. The maximum atomic E-state index is 2.41. The number of unbranched alkanes of at least 4 members (excludes halogenated alkanes) is 1. The second-order valence-electron chi connectivity index (χ2n) is 6.42. The summed E-state index contributed by atoms with van der Waals surface area (Å²) in [6.07, 6.45) is 15.1. The summed E-state index contributed by atoms with van der Waals surface area (Å²) in [5.41, 5.74) is 1.71. The highest BCUT2D eigenvalue weighted by Crippen LogP contribution is 2.42. The lowest BCUT2D eigenvalue weighted by molar-refractivity contribution is 0.227. The number of hydrogen-bond donors (Lipinski definition) is 0. The molecule has 0 aliphatic heterocycles. The van der Waals surface area contributed by atoms with E-state index in [-0.39, 0.29) is 10.8 Å². The van der Waals surface area contributed by atoms with Crippen LogP contribution < -0.4 is 0 Å². The smallest absolute Gasteiger partial charge is 0.00868 e. The second kappa shape index (κ2) is 7.61. The van der Waals surface area contributed by atoms with E-state index < -0.39 is 0 Å². The van der Waals surface area contributed by atoms with Crippen LogP contribution in [0.5, 0.6) is 0 Å². The standard InChI is InChI=1S/C18H32/c1-8-10-12-13-16(3)15-18(7,14-11-9-2)17(4,5)6/h11-15H,8-10H2,1-7H3. The van der Waals surface area contributed by atoms with Crippen LogP contribution in [0.2, 0.25) is 0 Å². The molecule has 0 aliphatic rings. The highest BCUT2D eigenvalue weighted by molar-refractivity contribution is 5.24. The zero-order valence-electron chi connectivity index (χ0n) is 13.5. The van der Waals surface area contributed by atoms with Crippen molar-refractivity contribution in [3.05, 3.63) is 36.0 Å². The highest BCUT2D eigenvalue weighted by Gasteiger charge is 2.32. The molecule has 104 valence electrons. The molecule has 0 aliphatic carbocycles. The summed E-state index contributed by atoms with van der Waals surface area (Å²) in [6, 6.07) is 0. The normalized spacial score (nSPS) is 17.6. The van der Waals surface area contributed by atoms with E-state index in [0.717, 1.165) is 6.42 Å². The van der Waals surface area contributed by atoms with Gasteiger partial charge in [0.2, 0.25) is 0 Å². The van der Waals surface area contributed by atoms with E-state index >= 15 is 0 Å². The van der Waals surface area contributed by atoms with Crippen LogP contribution >= 0.6 is 0 Å². The lowest BCUT2D eigenvalue weighted by Crippen LogP contribution is -2.29. The van der Waals surface area contributed by atoms with E-state index in [1.165, 1.54) is 18.4 Å². The molecule has 18 heavy (non-hydrogen) atoms.